The number of aryl methyl sites for hydroxylation is 2. The molecule has 2 atom stereocenters. The molecule has 0 saturated heterocycles. The molecule has 0 bridgehead atoms. The van der Waals surface area contributed by atoms with Crippen molar-refractivity contribution in [2.75, 3.05) is 0 Å². The molecule has 0 fully saturated rings. The summed E-state index contributed by atoms with van der Waals surface area (Å²) >= 11 is 0. The van der Waals surface area contributed by atoms with Crippen LogP contribution >= 0.6 is 0 Å². The Labute approximate surface area is 118 Å². The zero-order chi connectivity index (χ0) is 15.3. The van der Waals surface area contributed by atoms with Gasteiger partial charge >= 0.3 is 12.0 Å². The second-order valence-corrected chi connectivity index (χ2v) is 4.89. The van der Waals surface area contributed by atoms with E-state index in [-0.39, 0.29) is 6.04 Å². The standard InChI is InChI=1S/C14H22N2O4/c1-5-6-12(13(17)18)16-14(19)15-9(3)11-7-8(2)20-10(11)4/h7,9,12H,5-6H2,1-4H3,(H,17,18)(H2,15,16,19). The van der Waals surface area contributed by atoms with Crippen molar-refractivity contribution in [3.63, 3.8) is 0 Å². The maximum atomic E-state index is 11.8. The Morgan fingerprint density at radius 2 is 2.00 bits per heavy atom. The summed E-state index contributed by atoms with van der Waals surface area (Å²) in [5, 5.41) is 14.2. The number of carbonyl (C=O) groups excluding carboxylic acids is 1. The summed E-state index contributed by atoms with van der Waals surface area (Å²) < 4.78 is 5.41. The van der Waals surface area contributed by atoms with Crippen molar-refractivity contribution in [3.05, 3.63) is 23.2 Å². The highest BCUT2D eigenvalue weighted by molar-refractivity contribution is 5.82. The number of carboxylic acid groups (broad SMARTS) is 1. The molecule has 1 rings (SSSR count). The number of furan rings is 1. The van der Waals surface area contributed by atoms with Crippen LogP contribution in [-0.4, -0.2) is 23.1 Å². The van der Waals surface area contributed by atoms with Crippen molar-refractivity contribution in [2.24, 2.45) is 0 Å². The number of nitrogens with one attached hydrogen (secondary N) is 2. The monoisotopic (exact) mass is 282 g/mol. The van der Waals surface area contributed by atoms with Crippen LogP contribution in [0.15, 0.2) is 10.5 Å². The molecular weight excluding hydrogens is 260 g/mol. The molecule has 1 aromatic heterocycles. The van der Waals surface area contributed by atoms with E-state index in [9.17, 15) is 9.59 Å². The van der Waals surface area contributed by atoms with E-state index in [0.717, 1.165) is 17.1 Å². The van der Waals surface area contributed by atoms with Gasteiger partial charge in [0.05, 0.1) is 6.04 Å². The van der Waals surface area contributed by atoms with Gasteiger partial charge in [0, 0.05) is 5.56 Å². The number of amides is 2. The van der Waals surface area contributed by atoms with Crippen LogP contribution in [0.4, 0.5) is 4.79 Å². The third-order valence-electron chi connectivity index (χ3n) is 3.07. The fourth-order valence-electron chi connectivity index (χ4n) is 2.10. The second kappa shape index (κ2) is 6.98. The van der Waals surface area contributed by atoms with E-state index in [2.05, 4.69) is 10.6 Å². The van der Waals surface area contributed by atoms with Crippen LogP contribution in [0.5, 0.6) is 0 Å². The molecule has 0 spiro atoms. The van der Waals surface area contributed by atoms with Gasteiger partial charge in [0.15, 0.2) is 0 Å². The second-order valence-electron chi connectivity index (χ2n) is 4.89. The highest BCUT2D eigenvalue weighted by Gasteiger charge is 2.21. The minimum atomic E-state index is -1.02. The summed E-state index contributed by atoms with van der Waals surface area (Å²) in [6, 6.07) is 0.264. The van der Waals surface area contributed by atoms with Crippen LogP contribution < -0.4 is 10.6 Å². The molecule has 1 aromatic rings. The van der Waals surface area contributed by atoms with E-state index < -0.39 is 18.0 Å². The van der Waals surface area contributed by atoms with Crippen LogP contribution in [-0.2, 0) is 4.79 Å². The van der Waals surface area contributed by atoms with E-state index in [0.29, 0.717) is 12.8 Å². The molecule has 1 heterocycles. The number of urea groups is 1. The Kier molecular flexibility index (Phi) is 5.61. The zero-order valence-electron chi connectivity index (χ0n) is 12.3. The largest absolute Gasteiger partial charge is 0.480 e. The lowest BCUT2D eigenvalue weighted by atomic mass is 10.1. The Balaban J connectivity index is 2.61. The molecule has 2 unspecified atom stereocenters. The minimum Gasteiger partial charge on any atom is -0.480 e. The molecule has 0 radical (unpaired) electrons. The number of aliphatic carboxylic acids is 1. The molecule has 2 amide bonds. The van der Waals surface area contributed by atoms with E-state index in [1.54, 1.807) is 0 Å². The van der Waals surface area contributed by atoms with Crippen molar-refractivity contribution in [1.82, 2.24) is 10.6 Å². The summed E-state index contributed by atoms with van der Waals surface area (Å²) in [5.41, 5.74) is 0.889. The van der Waals surface area contributed by atoms with Crippen molar-refractivity contribution in [2.45, 2.75) is 52.6 Å². The van der Waals surface area contributed by atoms with Crippen LogP contribution in [0, 0.1) is 13.8 Å². The Bertz CT molecular complexity index is 482. The van der Waals surface area contributed by atoms with Crippen molar-refractivity contribution >= 4 is 12.0 Å². The number of carboxylic acids is 1. The van der Waals surface area contributed by atoms with Crippen molar-refractivity contribution in [1.29, 1.82) is 0 Å². The van der Waals surface area contributed by atoms with Crippen molar-refractivity contribution < 1.29 is 19.1 Å². The predicted molar refractivity (Wildman–Crippen MR) is 74.6 cm³/mol. The Morgan fingerprint density at radius 1 is 1.35 bits per heavy atom. The first-order valence-electron chi connectivity index (χ1n) is 6.71. The van der Waals surface area contributed by atoms with Gasteiger partial charge in [-0.15, -0.1) is 0 Å². The molecule has 20 heavy (non-hydrogen) atoms. The van der Waals surface area contributed by atoms with Crippen LogP contribution in [0.3, 0.4) is 0 Å². The van der Waals surface area contributed by atoms with Gasteiger partial charge in [0.1, 0.15) is 17.6 Å². The highest BCUT2D eigenvalue weighted by atomic mass is 16.4. The van der Waals surface area contributed by atoms with Crippen LogP contribution in [0.2, 0.25) is 0 Å². The zero-order valence-corrected chi connectivity index (χ0v) is 12.3. The molecule has 112 valence electrons. The highest BCUT2D eigenvalue weighted by Crippen LogP contribution is 2.20. The summed E-state index contributed by atoms with van der Waals surface area (Å²) in [4.78, 5) is 22.8. The van der Waals surface area contributed by atoms with Gasteiger partial charge in [-0.3, -0.25) is 0 Å². The van der Waals surface area contributed by atoms with Gasteiger partial charge in [-0.2, -0.15) is 0 Å². The Morgan fingerprint density at radius 3 is 2.45 bits per heavy atom. The summed E-state index contributed by atoms with van der Waals surface area (Å²) in [6.45, 7) is 7.36. The Hall–Kier alpha value is -1.98. The SMILES string of the molecule is CCCC(NC(=O)NC(C)c1cc(C)oc1C)C(=O)O. The smallest absolute Gasteiger partial charge is 0.326 e. The molecule has 0 saturated carbocycles. The molecule has 0 aliphatic heterocycles. The third-order valence-corrected chi connectivity index (χ3v) is 3.07. The van der Waals surface area contributed by atoms with Gasteiger partial charge in [-0.1, -0.05) is 13.3 Å². The molecule has 3 N–H and O–H groups in total. The average molecular weight is 282 g/mol. The number of hydrogen-bond acceptors (Lipinski definition) is 3. The van der Waals surface area contributed by atoms with Gasteiger partial charge in [0.2, 0.25) is 0 Å². The summed E-state index contributed by atoms with van der Waals surface area (Å²) in [5.74, 6) is 0.504. The van der Waals surface area contributed by atoms with Crippen LogP contribution in [0.1, 0.15) is 49.8 Å². The van der Waals surface area contributed by atoms with E-state index >= 15 is 0 Å². The maximum absolute atomic E-state index is 11.8. The fraction of sp³-hybridized carbons (Fsp3) is 0.571. The normalized spacial score (nSPS) is 13.6. The lowest BCUT2D eigenvalue weighted by molar-refractivity contribution is -0.139. The first-order chi connectivity index (χ1) is 9.35. The van der Waals surface area contributed by atoms with Crippen LogP contribution in [0.25, 0.3) is 0 Å². The van der Waals surface area contributed by atoms with E-state index in [4.69, 9.17) is 9.52 Å². The lowest BCUT2D eigenvalue weighted by Crippen LogP contribution is -2.46. The summed E-state index contributed by atoms with van der Waals surface area (Å²) in [6.07, 6.45) is 1.09. The number of rotatable bonds is 6. The topological polar surface area (TPSA) is 91.6 Å². The predicted octanol–water partition coefficient (Wildman–Crippen LogP) is 2.51. The quantitative estimate of drug-likeness (QED) is 0.747. The third kappa shape index (κ3) is 4.29. The van der Waals surface area contributed by atoms with E-state index in [1.165, 1.54) is 0 Å². The minimum absolute atomic E-state index is 0.247. The number of carbonyl (C=O) groups is 2. The molecule has 0 aromatic carbocycles. The average Bonchev–Trinajstić information content (AvgIpc) is 2.67. The lowest BCUT2D eigenvalue weighted by Gasteiger charge is -2.17. The molecular formula is C14H22N2O4. The fourth-order valence-corrected chi connectivity index (χ4v) is 2.10. The van der Waals surface area contributed by atoms with Crippen molar-refractivity contribution in [3.8, 4) is 0 Å². The molecule has 0 aliphatic rings. The molecule has 6 nitrogen and oxygen atoms in total. The molecule has 0 aliphatic carbocycles. The maximum Gasteiger partial charge on any atom is 0.326 e. The summed E-state index contributed by atoms with van der Waals surface area (Å²) in [7, 11) is 0. The van der Waals surface area contributed by atoms with Gasteiger partial charge in [-0.05, 0) is 33.3 Å². The number of hydrogen-bond donors (Lipinski definition) is 3. The van der Waals surface area contributed by atoms with Gasteiger partial charge < -0.3 is 20.2 Å². The first-order valence-corrected chi connectivity index (χ1v) is 6.71. The van der Waals surface area contributed by atoms with Gasteiger partial charge in [-0.25, -0.2) is 9.59 Å². The van der Waals surface area contributed by atoms with E-state index in [1.807, 2.05) is 33.8 Å². The van der Waals surface area contributed by atoms with Gasteiger partial charge in [0.25, 0.3) is 0 Å². The molecule has 6 heteroatoms. The first kappa shape index (κ1) is 16.1.